The molecule has 29 heavy (non-hydrogen) atoms. The van der Waals surface area contributed by atoms with E-state index in [2.05, 4.69) is 10.6 Å². The van der Waals surface area contributed by atoms with Crippen molar-refractivity contribution in [2.24, 2.45) is 5.41 Å². The number of benzene rings is 2. The number of esters is 1. The lowest BCUT2D eigenvalue weighted by Crippen LogP contribution is -2.45. The second-order valence-electron chi connectivity index (χ2n) is 6.88. The Labute approximate surface area is 170 Å². The molecule has 0 saturated heterocycles. The molecule has 0 aliphatic heterocycles. The summed E-state index contributed by atoms with van der Waals surface area (Å²) < 4.78 is 10.1. The Balaban J connectivity index is 2.05. The maximum absolute atomic E-state index is 12.8. The molecule has 2 aromatic rings. The highest BCUT2D eigenvalue weighted by Gasteiger charge is 2.36. The monoisotopic (exact) mass is 398 g/mol. The van der Waals surface area contributed by atoms with E-state index in [1.807, 2.05) is 12.1 Å². The number of amides is 2. The average Bonchev–Trinajstić information content (AvgIpc) is 2.72. The molecule has 7 nitrogen and oxygen atoms in total. The molecule has 0 spiro atoms. The second-order valence-corrected chi connectivity index (χ2v) is 6.88. The van der Waals surface area contributed by atoms with Crippen LogP contribution >= 0.6 is 0 Å². The normalized spacial score (nSPS) is 10.8. The highest BCUT2D eigenvalue weighted by Crippen LogP contribution is 2.22. The maximum atomic E-state index is 12.8. The number of nitrogens with one attached hydrogen (secondary N) is 2. The molecule has 0 aliphatic rings. The number of anilines is 1. The van der Waals surface area contributed by atoms with Crippen LogP contribution < -0.4 is 15.4 Å². The van der Waals surface area contributed by atoms with E-state index in [1.165, 1.54) is 13.8 Å². The van der Waals surface area contributed by atoms with E-state index in [9.17, 15) is 14.4 Å². The Morgan fingerprint density at radius 2 is 1.62 bits per heavy atom. The summed E-state index contributed by atoms with van der Waals surface area (Å²) in [5, 5.41) is 5.44. The van der Waals surface area contributed by atoms with Gasteiger partial charge in [-0.25, -0.2) is 4.79 Å². The molecule has 2 aromatic carbocycles. The summed E-state index contributed by atoms with van der Waals surface area (Å²) in [4.78, 5) is 37.5. The highest BCUT2D eigenvalue weighted by atomic mass is 16.5. The topological polar surface area (TPSA) is 93.7 Å². The minimum Gasteiger partial charge on any atom is -0.497 e. The van der Waals surface area contributed by atoms with Crippen molar-refractivity contribution in [1.29, 1.82) is 0 Å². The fraction of sp³-hybridized carbons (Fsp3) is 0.318. The van der Waals surface area contributed by atoms with Crippen molar-refractivity contribution in [2.45, 2.75) is 27.3 Å². The summed E-state index contributed by atoms with van der Waals surface area (Å²) in [7, 11) is 1.58. The van der Waals surface area contributed by atoms with E-state index in [-0.39, 0.29) is 18.7 Å². The van der Waals surface area contributed by atoms with Crippen LogP contribution in [0.3, 0.4) is 0 Å². The molecule has 2 N–H and O–H groups in total. The van der Waals surface area contributed by atoms with Crippen molar-refractivity contribution in [3.8, 4) is 5.75 Å². The van der Waals surface area contributed by atoms with Gasteiger partial charge in [-0.05, 0) is 50.6 Å². The first-order valence-electron chi connectivity index (χ1n) is 9.28. The van der Waals surface area contributed by atoms with E-state index < -0.39 is 23.2 Å². The van der Waals surface area contributed by atoms with Gasteiger partial charge in [0.25, 0.3) is 0 Å². The zero-order chi connectivity index (χ0) is 21.4. The number of methoxy groups -OCH3 is 1. The third-order valence-corrected chi connectivity index (χ3v) is 4.42. The molecule has 0 bridgehead atoms. The van der Waals surface area contributed by atoms with E-state index in [1.54, 1.807) is 50.4 Å². The van der Waals surface area contributed by atoms with Gasteiger partial charge in [-0.3, -0.25) is 9.59 Å². The van der Waals surface area contributed by atoms with Crippen LogP contribution in [0.5, 0.6) is 5.75 Å². The van der Waals surface area contributed by atoms with Crippen molar-refractivity contribution >= 4 is 23.5 Å². The fourth-order valence-corrected chi connectivity index (χ4v) is 2.51. The lowest BCUT2D eigenvalue weighted by molar-refractivity contribution is -0.138. The molecular weight excluding hydrogens is 372 g/mol. The van der Waals surface area contributed by atoms with E-state index in [4.69, 9.17) is 9.47 Å². The lowest BCUT2D eigenvalue weighted by Gasteiger charge is -2.23. The van der Waals surface area contributed by atoms with Crippen LogP contribution in [0.25, 0.3) is 0 Å². The Hall–Kier alpha value is -3.35. The first kappa shape index (κ1) is 21.9. The van der Waals surface area contributed by atoms with Crippen molar-refractivity contribution < 1.29 is 23.9 Å². The molecule has 0 aromatic heterocycles. The number of para-hydroxylation sites is 1. The summed E-state index contributed by atoms with van der Waals surface area (Å²) >= 11 is 0. The summed E-state index contributed by atoms with van der Waals surface area (Å²) in [6.07, 6.45) is 0. The summed E-state index contributed by atoms with van der Waals surface area (Å²) in [6.45, 7) is 5.26. The Bertz CT molecular complexity index is 875. The number of hydrogen-bond acceptors (Lipinski definition) is 5. The molecule has 7 heteroatoms. The first-order valence-corrected chi connectivity index (χ1v) is 9.28. The van der Waals surface area contributed by atoms with Crippen LogP contribution in [0.1, 0.15) is 36.7 Å². The molecule has 2 amide bonds. The van der Waals surface area contributed by atoms with Gasteiger partial charge in [0.1, 0.15) is 11.2 Å². The number of ether oxygens (including phenoxy) is 2. The summed E-state index contributed by atoms with van der Waals surface area (Å²) in [5.41, 5.74) is 0.0565. The third kappa shape index (κ3) is 5.57. The number of carbonyl (C=O) groups excluding carboxylic acids is 3. The van der Waals surface area contributed by atoms with E-state index in [0.29, 0.717) is 5.69 Å². The van der Waals surface area contributed by atoms with Crippen LogP contribution in [0, 0.1) is 5.41 Å². The second kappa shape index (κ2) is 9.73. The van der Waals surface area contributed by atoms with Crippen LogP contribution in [0.15, 0.2) is 48.5 Å². The van der Waals surface area contributed by atoms with Crippen molar-refractivity contribution in [3.05, 3.63) is 59.7 Å². The molecule has 0 unspecified atom stereocenters. The molecule has 0 heterocycles. The van der Waals surface area contributed by atoms with Gasteiger partial charge in [0, 0.05) is 6.54 Å². The molecule has 0 atom stereocenters. The standard InChI is InChI=1S/C22H26N2O5/c1-5-29-19(25)17-8-6-7-9-18(17)24-21(27)22(2,3)20(26)23-14-15-10-12-16(28-4)13-11-15/h6-13H,5,14H2,1-4H3,(H,23,26)(H,24,27). The number of carbonyl (C=O) groups is 3. The maximum Gasteiger partial charge on any atom is 0.340 e. The predicted molar refractivity (Wildman–Crippen MR) is 110 cm³/mol. The molecule has 0 radical (unpaired) electrons. The zero-order valence-electron chi connectivity index (χ0n) is 17.1. The first-order chi connectivity index (χ1) is 13.8. The average molecular weight is 398 g/mol. The zero-order valence-corrected chi connectivity index (χ0v) is 17.1. The largest absolute Gasteiger partial charge is 0.497 e. The number of hydrogen-bond donors (Lipinski definition) is 2. The smallest absolute Gasteiger partial charge is 0.340 e. The Kier molecular flexibility index (Phi) is 7.36. The summed E-state index contributed by atoms with van der Waals surface area (Å²) in [5.74, 6) is -0.772. The van der Waals surface area contributed by atoms with Crippen LogP contribution in [0.4, 0.5) is 5.69 Å². The van der Waals surface area contributed by atoms with Gasteiger partial charge in [-0.15, -0.1) is 0 Å². The lowest BCUT2D eigenvalue weighted by atomic mass is 9.90. The van der Waals surface area contributed by atoms with Gasteiger partial charge >= 0.3 is 5.97 Å². The van der Waals surface area contributed by atoms with Gasteiger partial charge in [0.15, 0.2) is 0 Å². The quantitative estimate of drug-likeness (QED) is 0.526. The predicted octanol–water partition coefficient (Wildman–Crippen LogP) is 3.15. The van der Waals surface area contributed by atoms with Crippen LogP contribution in [-0.2, 0) is 20.9 Å². The van der Waals surface area contributed by atoms with E-state index >= 15 is 0 Å². The highest BCUT2D eigenvalue weighted by molar-refractivity contribution is 6.11. The molecule has 0 fully saturated rings. The van der Waals surface area contributed by atoms with Gasteiger partial charge in [0.05, 0.1) is 25.0 Å². The molecule has 0 aliphatic carbocycles. The Morgan fingerprint density at radius 3 is 2.24 bits per heavy atom. The Morgan fingerprint density at radius 1 is 0.966 bits per heavy atom. The molecule has 154 valence electrons. The van der Waals surface area contributed by atoms with Gasteiger partial charge in [0.2, 0.25) is 11.8 Å². The van der Waals surface area contributed by atoms with Crippen LogP contribution in [0.2, 0.25) is 0 Å². The van der Waals surface area contributed by atoms with E-state index in [0.717, 1.165) is 11.3 Å². The van der Waals surface area contributed by atoms with Gasteiger partial charge in [-0.1, -0.05) is 24.3 Å². The summed E-state index contributed by atoms with van der Waals surface area (Å²) in [6, 6.07) is 13.8. The number of rotatable bonds is 8. The van der Waals surface area contributed by atoms with Crippen molar-refractivity contribution in [1.82, 2.24) is 5.32 Å². The van der Waals surface area contributed by atoms with Gasteiger partial charge in [-0.2, -0.15) is 0 Å². The van der Waals surface area contributed by atoms with Crippen molar-refractivity contribution in [2.75, 3.05) is 19.0 Å². The fourth-order valence-electron chi connectivity index (χ4n) is 2.51. The minimum absolute atomic E-state index is 0.223. The molecule has 0 saturated carbocycles. The third-order valence-electron chi connectivity index (χ3n) is 4.42. The SMILES string of the molecule is CCOC(=O)c1ccccc1NC(=O)C(C)(C)C(=O)NCc1ccc(OC)cc1. The van der Waals surface area contributed by atoms with Crippen molar-refractivity contribution in [3.63, 3.8) is 0 Å². The molecular formula is C22H26N2O5. The van der Waals surface area contributed by atoms with Gasteiger partial charge < -0.3 is 20.1 Å². The molecule has 2 rings (SSSR count). The van der Waals surface area contributed by atoms with Crippen LogP contribution in [-0.4, -0.2) is 31.5 Å². The minimum atomic E-state index is -1.35.